The molecule has 0 heterocycles. The van der Waals surface area contributed by atoms with Crippen molar-refractivity contribution in [3.05, 3.63) is 34.7 Å². The number of hydrogen-bond donors (Lipinski definition) is 1. The molecule has 1 aromatic rings. The summed E-state index contributed by atoms with van der Waals surface area (Å²) in [7, 11) is 0. The van der Waals surface area contributed by atoms with Crippen LogP contribution in [0.3, 0.4) is 0 Å². The fourth-order valence-corrected chi connectivity index (χ4v) is 1.50. The molecule has 90 valence electrons. The Morgan fingerprint density at radius 3 is 2.06 bits per heavy atom. The summed E-state index contributed by atoms with van der Waals surface area (Å²) in [5.74, 6) is -0.0146. The topological polar surface area (TPSA) is 33.5 Å². The van der Waals surface area contributed by atoms with Gasteiger partial charge in [-0.25, -0.2) is 4.85 Å². The van der Waals surface area contributed by atoms with Crippen LogP contribution in [-0.4, -0.2) is 5.91 Å². The number of nitrogens with zero attached hydrogens (tertiary/aromatic N) is 1. The summed E-state index contributed by atoms with van der Waals surface area (Å²) in [5, 5.41) is 2.93. The minimum Gasteiger partial charge on any atom is -0.325 e. The first-order valence-electron chi connectivity index (χ1n) is 5.56. The molecule has 0 unspecified atom stereocenters. The van der Waals surface area contributed by atoms with Gasteiger partial charge in [0.15, 0.2) is 5.69 Å². The number of aryl methyl sites for hydroxylation is 2. The fraction of sp³-hybridized carbons (Fsp3) is 0.429. The smallest absolute Gasteiger partial charge is 0.229 e. The summed E-state index contributed by atoms with van der Waals surface area (Å²) in [5.41, 5.74) is 2.85. The maximum Gasteiger partial charge on any atom is 0.229 e. The molecular formula is C14H18N2O. The molecule has 1 rings (SSSR count). The molecule has 0 aliphatic rings. The molecule has 0 spiro atoms. The molecule has 0 radical (unpaired) electrons. The van der Waals surface area contributed by atoms with Gasteiger partial charge in [0, 0.05) is 11.1 Å². The summed E-state index contributed by atoms with van der Waals surface area (Å²) in [6.45, 7) is 16.4. The van der Waals surface area contributed by atoms with E-state index in [0.29, 0.717) is 5.69 Å². The van der Waals surface area contributed by atoms with Gasteiger partial charge in [-0.05, 0) is 25.0 Å². The van der Waals surface area contributed by atoms with Crippen molar-refractivity contribution >= 4 is 17.3 Å². The second-order valence-electron chi connectivity index (χ2n) is 5.27. The van der Waals surface area contributed by atoms with Crippen LogP contribution in [0.25, 0.3) is 4.85 Å². The van der Waals surface area contributed by atoms with Crippen molar-refractivity contribution in [3.63, 3.8) is 0 Å². The molecule has 0 aliphatic heterocycles. The number of carbonyl (C=O) groups is 1. The minimum atomic E-state index is -0.419. The third-order valence-corrected chi connectivity index (χ3v) is 2.57. The van der Waals surface area contributed by atoms with Gasteiger partial charge in [-0.3, -0.25) is 4.79 Å². The number of benzene rings is 1. The van der Waals surface area contributed by atoms with Crippen LogP contribution in [0.2, 0.25) is 0 Å². The van der Waals surface area contributed by atoms with Gasteiger partial charge in [-0.1, -0.05) is 32.9 Å². The fourth-order valence-electron chi connectivity index (χ4n) is 1.50. The van der Waals surface area contributed by atoms with E-state index in [0.717, 1.165) is 16.8 Å². The molecule has 1 aromatic carbocycles. The Morgan fingerprint density at radius 2 is 1.71 bits per heavy atom. The van der Waals surface area contributed by atoms with Crippen LogP contribution >= 0.6 is 0 Å². The summed E-state index contributed by atoms with van der Waals surface area (Å²) < 4.78 is 0. The second kappa shape index (κ2) is 4.58. The molecule has 0 atom stereocenters. The zero-order valence-corrected chi connectivity index (χ0v) is 11.0. The van der Waals surface area contributed by atoms with Crippen LogP contribution in [0.1, 0.15) is 31.9 Å². The molecular weight excluding hydrogens is 212 g/mol. The lowest BCUT2D eigenvalue weighted by molar-refractivity contribution is -0.123. The number of anilines is 1. The summed E-state index contributed by atoms with van der Waals surface area (Å²) in [6.07, 6.45) is 0. The van der Waals surface area contributed by atoms with Gasteiger partial charge in [-0.2, -0.15) is 0 Å². The Morgan fingerprint density at radius 1 is 1.24 bits per heavy atom. The van der Waals surface area contributed by atoms with Gasteiger partial charge in [0.1, 0.15) is 0 Å². The molecule has 1 N–H and O–H groups in total. The zero-order valence-electron chi connectivity index (χ0n) is 11.0. The number of carbonyl (C=O) groups excluding carboxylic acids is 1. The second-order valence-corrected chi connectivity index (χ2v) is 5.27. The van der Waals surface area contributed by atoms with Crippen molar-refractivity contribution in [1.82, 2.24) is 0 Å². The highest BCUT2D eigenvalue weighted by molar-refractivity contribution is 5.96. The van der Waals surface area contributed by atoms with Gasteiger partial charge in [-0.15, -0.1) is 0 Å². The van der Waals surface area contributed by atoms with Crippen LogP contribution in [0.15, 0.2) is 12.1 Å². The van der Waals surface area contributed by atoms with E-state index < -0.39 is 5.41 Å². The van der Waals surface area contributed by atoms with E-state index in [2.05, 4.69) is 10.2 Å². The molecule has 0 fully saturated rings. The van der Waals surface area contributed by atoms with Crippen LogP contribution in [0.4, 0.5) is 11.4 Å². The number of rotatable bonds is 1. The summed E-state index contributed by atoms with van der Waals surface area (Å²) >= 11 is 0. The highest BCUT2D eigenvalue weighted by Gasteiger charge is 2.22. The van der Waals surface area contributed by atoms with Crippen molar-refractivity contribution in [3.8, 4) is 0 Å². The van der Waals surface area contributed by atoms with Gasteiger partial charge in [0.05, 0.1) is 6.57 Å². The Kier molecular flexibility index (Phi) is 3.57. The first kappa shape index (κ1) is 13.2. The monoisotopic (exact) mass is 230 g/mol. The average Bonchev–Trinajstić information content (AvgIpc) is 2.21. The molecule has 0 saturated carbocycles. The van der Waals surface area contributed by atoms with Crippen molar-refractivity contribution in [1.29, 1.82) is 0 Å². The van der Waals surface area contributed by atoms with Crippen molar-refractivity contribution in [2.45, 2.75) is 34.6 Å². The Balaban J connectivity index is 3.10. The van der Waals surface area contributed by atoms with Crippen molar-refractivity contribution in [2.24, 2.45) is 5.41 Å². The highest BCUT2D eigenvalue weighted by atomic mass is 16.2. The van der Waals surface area contributed by atoms with Crippen molar-refractivity contribution < 1.29 is 4.79 Å². The Bertz CT molecular complexity index is 467. The first-order chi connectivity index (χ1) is 7.75. The summed E-state index contributed by atoms with van der Waals surface area (Å²) in [6, 6.07) is 3.58. The number of hydrogen-bond acceptors (Lipinski definition) is 1. The summed E-state index contributed by atoms with van der Waals surface area (Å²) in [4.78, 5) is 15.3. The predicted octanol–water partition coefficient (Wildman–Crippen LogP) is 3.84. The lowest BCUT2D eigenvalue weighted by atomic mass is 9.95. The number of amides is 1. The maximum atomic E-state index is 11.9. The average molecular weight is 230 g/mol. The normalized spacial score (nSPS) is 10.8. The molecule has 1 amide bonds. The van der Waals surface area contributed by atoms with Crippen LogP contribution in [-0.2, 0) is 4.79 Å². The minimum absolute atomic E-state index is 0.0146. The molecule has 0 bridgehead atoms. The largest absolute Gasteiger partial charge is 0.325 e. The standard InChI is InChI=1S/C14H18N2O/c1-9-7-11(15-6)8-10(2)12(9)16-13(17)14(3,4)5/h7-8H,1-5H3,(H,16,17). The van der Waals surface area contributed by atoms with E-state index in [9.17, 15) is 4.79 Å². The molecule has 0 aliphatic carbocycles. The lowest BCUT2D eigenvalue weighted by Gasteiger charge is -2.20. The van der Waals surface area contributed by atoms with E-state index in [4.69, 9.17) is 6.57 Å². The molecule has 0 aromatic heterocycles. The van der Waals surface area contributed by atoms with Gasteiger partial charge < -0.3 is 5.32 Å². The van der Waals surface area contributed by atoms with E-state index >= 15 is 0 Å². The SMILES string of the molecule is [C-]#[N+]c1cc(C)c(NC(=O)C(C)(C)C)c(C)c1. The van der Waals surface area contributed by atoms with Crippen LogP contribution in [0, 0.1) is 25.8 Å². The Hall–Kier alpha value is -1.82. The third kappa shape index (κ3) is 3.07. The zero-order chi connectivity index (χ0) is 13.2. The predicted molar refractivity (Wildman–Crippen MR) is 70.3 cm³/mol. The van der Waals surface area contributed by atoms with Crippen molar-refractivity contribution in [2.75, 3.05) is 5.32 Å². The molecule has 3 heteroatoms. The van der Waals surface area contributed by atoms with E-state index in [1.165, 1.54) is 0 Å². The van der Waals surface area contributed by atoms with Gasteiger partial charge in [0.2, 0.25) is 5.91 Å². The Labute approximate surface area is 103 Å². The van der Waals surface area contributed by atoms with E-state index in [1.54, 1.807) is 12.1 Å². The lowest BCUT2D eigenvalue weighted by Crippen LogP contribution is -2.28. The van der Waals surface area contributed by atoms with Gasteiger partial charge in [0.25, 0.3) is 0 Å². The maximum absolute atomic E-state index is 11.9. The first-order valence-corrected chi connectivity index (χ1v) is 5.56. The highest BCUT2D eigenvalue weighted by Crippen LogP contribution is 2.28. The number of nitrogens with one attached hydrogen (secondary N) is 1. The third-order valence-electron chi connectivity index (χ3n) is 2.57. The van der Waals surface area contributed by atoms with E-state index in [-0.39, 0.29) is 5.91 Å². The molecule has 3 nitrogen and oxygen atoms in total. The van der Waals surface area contributed by atoms with Crippen LogP contribution in [0.5, 0.6) is 0 Å². The molecule has 0 saturated heterocycles. The van der Waals surface area contributed by atoms with Gasteiger partial charge >= 0.3 is 0 Å². The van der Waals surface area contributed by atoms with Crippen LogP contribution < -0.4 is 5.32 Å². The quantitative estimate of drug-likeness (QED) is 0.731. The van der Waals surface area contributed by atoms with E-state index in [1.807, 2.05) is 34.6 Å². The molecule has 17 heavy (non-hydrogen) atoms.